The molecule has 19 heteroatoms. The minimum absolute atomic E-state index is 0.102. The number of rotatable bonds is 67. The molecule has 0 bridgehead atoms. The summed E-state index contributed by atoms with van der Waals surface area (Å²) in [5.74, 6) is 0.828. The molecule has 17 nitrogen and oxygen atoms in total. The summed E-state index contributed by atoms with van der Waals surface area (Å²) in [6.07, 6.45) is 42.0. The van der Waals surface area contributed by atoms with Crippen LogP contribution in [-0.2, 0) is 65.4 Å². The quantitative estimate of drug-likeness (QED) is 0.0222. The molecule has 4 unspecified atom stereocenters. The van der Waals surface area contributed by atoms with E-state index in [4.69, 9.17) is 37.0 Å². The number of esters is 4. The van der Waals surface area contributed by atoms with Gasteiger partial charge in [0.05, 0.1) is 26.4 Å². The number of carbonyl (C=O) groups excluding carboxylic acids is 4. The fourth-order valence-corrected chi connectivity index (χ4v) is 12.0. The number of unbranched alkanes of at least 4 members (excludes halogenated alkanes) is 32. The molecule has 0 aliphatic carbocycles. The largest absolute Gasteiger partial charge is 0.472 e. The summed E-state index contributed by atoms with van der Waals surface area (Å²) in [6, 6.07) is 0. The zero-order valence-electron chi connectivity index (χ0n) is 58.1. The standard InChI is InChI=1S/C70H136O17P2/c1-9-63(8)49-41-33-24-16-14-12-10-11-13-15-17-25-34-42-50-67(72)80-57-66(87-70(75)53-45-37-29-28-32-40-48-62(6)7)59-85-89(78,79)83-55-64(71)54-82-88(76,77)84-58-65(86-69(74)52-44-36-27-21-19-23-31-39-47-61(4)5)56-81-68(73)51-43-35-26-20-18-22-30-38-46-60(2)3/h60-66,71H,9-59H2,1-8H3,(H,76,77)(H,78,79)/t63?,64?,65-,66-/m1/s1. The van der Waals surface area contributed by atoms with E-state index in [0.29, 0.717) is 31.6 Å². The van der Waals surface area contributed by atoms with Crippen molar-refractivity contribution in [1.82, 2.24) is 0 Å². The van der Waals surface area contributed by atoms with Crippen molar-refractivity contribution >= 4 is 39.5 Å². The third-order valence-corrected chi connectivity index (χ3v) is 18.3. The highest BCUT2D eigenvalue weighted by Crippen LogP contribution is 2.45. The maximum atomic E-state index is 13.0. The lowest BCUT2D eigenvalue weighted by molar-refractivity contribution is -0.161. The molecule has 0 aliphatic rings. The van der Waals surface area contributed by atoms with Crippen molar-refractivity contribution in [3.8, 4) is 0 Å². The lowest BCUT2D eigenvalue weighted by atomic mass is 9.99. The molecular formula is C70H136O17P2. The fourth-order valence-electron chi connectivity index (χ4n) is 10.5. The number of hydrogen-bond donors (Lipinski definition) is 3. The Labute approximate surface area is 543 Å². The van der Waals surface area contributed by atoms with E-state index >= 15 is 0 Å². The van der Waals surface area contributed by atoms with Crippen molar-refractivity contribution < 1.29 is 80.2 Å². The van der Waals surface area contributed by atoms with Gasteiger partial charge in [-0.2, -0.15) is 0 Å². The predicted octanol–water partition coefficient (Wildman–Crippen LogP) is 19.7. The van der Waals surface area contributed by atoms with Gasteiger partial charge in [-0.05, 0) is 49.4 Å². The summed E-state index contributed by atoms with van der Waals surface area (Å²) < 4.78 is 68.2. The summed E-state index contributed by atoms with van der Waals surface area (Å²) in [5.41, 5.74) is 0. The predicted molar refractivity (Wildman–Crippen MR) is 358 cm³/mol. The highest BCUT2D eigenvalue weighted by Gasteiger charge is 2.30. The Morgan fingerprint density at radius 1 is 0.315 bits per heavy atom. The fraction of sp³-hybridized carbons (Fsp3) is 0.943. The first-order valence-electron chi connectivity index (χ1n) is 36.2. The molecule has 0 heterocycles. The monoisotopic (exact) mass is 1310 g/mol. The Morgan fingerprint density at radius 3 is 0.798 bits per heavy atom. The van der Waals surface area contributed by atoms with Gasteiger partial charge < -0.3 is 33.8 Å². The number of aliphatic hydroxyl groups is 1. The Hall–Kier alpha value is -1.94. The molecule has 0 rings (SSSR count). The molecule has 0 aliphatic heterocycles. The van der Waals surface area contributed by atoms with Gasteiger partial charge in [0.2, 0.25) is 0 Å². The van der Waals surface area contributed by atoms with Crippen LogP contribution in [-0.4, -0.2) is 96.7 Å². The second kappa shape index (κ2) is 59.8. The van der Waals surface area contributed by atoms with Crippen LogP contribution in [0.1, 0.15) is 344 Å². The number of phosphoric ester groups is 2. The first-order valence-corrected chi connectivity index (χ1v) is 39.2. The molecule has 6 atom stereocenters. The van der Waals surface area contributed by atoms with Crippen LogP contribution in [0.3, 0.4) is 0 Å². The number of carbonyl (C=O) groups is 4. The summed E-state index contributed by atoms with van der Waals surface area (Å²) in [4.78, 5) is 72.4. The van der Waals surface area contributed by atoms with E-state index in [0.717, 1.165) is 108 Å². The lowest BCUT2D eigenvalue weighted by Crippen LogP contribution is -2.30. The Morgan fingerprint density at radius 2 is 0.539 bits per heavy atom. The summed E-state index contributed by atoms with van der Waals surface area (Å²) in [7, 11) is -9.90. The van der Waals surface area contributed by atoms with Gasteiger partial charge in [0.1, 0.15) is 19.3 Å². The van der Waals surface area contributed by atoms with Crippen LogP contribution in [0.4, 0.5) is 0 Å². The molecular weight excluding hydrogens is 1170 g/mol. The maximum Gasteiger partial charge on any atom is 0.472 e. The molecule has 0 fully saturated rings. The highest BCUT2D eigenvalue weighted by atomic mass is 31.2. The molecule has 0 radical (unpaired) electrons. The van der Waals surface area contributed by atoms with Crippen LogP contribution >= 0.6 is 15.6 Å². The molecule has 0 spiro atoms. The van der Waals surface area contributed by atoms with Crippen LogP contribution in [0.15, 0.2) is 0 Å². The molecule has 0 saturated heterocycles. The van der Waals surface area contributed by atoms with E-state index in [1.54, 1.807) is 0 Å². The normalized spacial score (nSPS) is 14.6. The van der Waals surface area contributed by atoms with Crippen molar-refractivity contribution in [2.45, 2.75) is 363 Å². The summed E-state index contributed by atoms with van der Waals surface area (Å²) >= 11 is 0. The van der Waals surface area contributed by atoms with Gasteiger partial charge in [-0.25, -0.2) is 9.13 Å². The van der Waals surface area contributed by atoms with Crippen LogP contribution in [0, 0.1) is 23.7 Å². The number of aliphatic hydroxyl groups excluding tert-OH is 1. The third kappa shape index (κ3) is 63.2. The minimum atomic E-state index is -4.95. The average molecular weight is 1310 g/mol. The zero-order valence-corrected chi connectivity index (χ0v) is 59.8. The number of phosphoric acid groups is 2. The van der Waals surface area contributed by atoms with Crippen molar-refractivity contribution in [3.63, 3.8) is 0 Å². The van der Waals surface area contributed by atoms with Gasteiger partial charge in [-0.3, -0.25) is 37.3 Å². The van der Waals surface area contributed by atoms with Gasteiger partial charge in [0.15, 0.2) is 12.2 Å². The number of ether oxygens (including phenoxy) is 4. The molecule has 528 valence electrons. The lowest BCUT2D eigenvalue weighted by Gasteiger charge is -2.21. The molecule has 0 aromatic heterocycles. The van der Waals surface area contributed by atoms with Gasteiger partial charge >= 0.3 is 39.5 Å². The SMILES string of the molecule is CCC(C)CCCCCCCCCCCCCCCCC(=O)OC[C@H](COP(=O)(O)OCC(O)COP(=O)(O)OC[C@@H](COC(=O)CCCCCCCCCCC(C)C)OC(=O)CCCCCCCCCCC(C)C)OC(=O)CCCCCCCCC(C)C. The topological polar surface area (TPSA) is 237 Å². The summed E-state index contributed by atoms with van der Waals surface area (Å²) in [5, 5.41) is 10.6. The smallest absolute Gasteiger partial charge is 0.462 e. The van der Waals surface area contributed by atoms with Crippen molar-refractivity contribution in [2.24, 2.45) is 23.7 Å². The summed E-state index contributed by atoms with van der Waals surface area (Å²) in [6.45, 7) is 14.0. The highest BCUT2D eigenvalue weighted by molar-refractivity contribution is 7.47. The second-order valence-corrected chi connectivity index (χ2v) is 29.8. The molecule has 0 aromatic rings. The molecule has 0 aromatic carbocycles. The number of hydrogen-bond acceptors (Lipinski definition) is 15. The van der Waals surface area contributed by atoms with Gasteiger partial charge in [0, 0.05) is 25.7 Å². The molecule has 0 amide bonds. The van der Waals surface area contributed by atoms with E-state index in [1.165, 1.54) is 148 Å². The van der Waals surface area contributed by atoms with Crippen molar-refractivity contribution in [2.75, 3.05) is 39.6 Å². The first kappa shape index (κ1) is 87.1. The van der Waals surface area contributed by atoms with E-state index in [2.05, 4.69) is 55.4 Å². The van der Waals surface area contributed by atoms with Gasteiger partial charge in [0.25, 0.3) is 0 Å². The van der Waals surface area contributed by atoms with E-state index in [-0.39, 0.29) is 25.7 Å². The van der Waals surface area contributed by atoms with E-state index in [1.807, 2.05) is 0 Å². The maximum absolute atomic E-state index is 13.0. The zero-order chi connectivity index (χ0) is 66.1. The van der Waals surface area contributed by atoms with Crippen LogP contribution in [0.25, 0.3) is 0 Å². The Bertz CT molecular complexity index is 1770. The van der Waals surface area contributed by atoms with Crippen LogP contribution < -0.4 is 0 Å². The Balaban J connectivity index is 5.18. The molecule has 89 heavy (non-hydrogen) atoms. The Kier molecular flexibility index (Phi) is 58.5. The van der Waals surface area contributed by atoms with Crippen molar-refractivity contribution in [1.29, 1.82) is 0 Å². The van der Waals surface area contributed by atoms with Crippen molar-refractivity contribution in [3.05, 3.63) is 0 Å². The minimum Gasteiger partial charge on any atom is -0.462 e. The average Bonchev–Trinajstić information content (AvgIpc) is 3.49. The van der Waals surface area contributed by atoms with Crippen LogP contribution in [0.5, 0.6) is 0 Å². The van der Waals surface area contributed by atoms with E-state index in [9.17, 15) is 43.2 Å². The molecule has 3 N–H and O–H groups in total. The van der Waals surface area contributed by atoms with Gasteiger partial charge in [-0.15, -0.1) is 0 Å². The first-order chi connectivity index (χ1) is 42.6. The van der Waals surface area contributed by atoms with Gasteiger partial charge in [-0.1, -0.05) is 293 Å². The van der Waals surface area contributed by atoms with Crippen LogP contribution in [0.2, 0.25) is 0 Å². The van der Waals surface area contributed by atoms with E-state index < -0.39 is 97.5 Å². The third-order valence-electron chi connectivity index (χ3n) is 16.4. The molecule has 0 saturated carbocycles. The second-order valence-electron chi connectivity index (χ2n) is 26.9.